The van der Waals surface area contributed by atoms with E-state index in [1.807, 2.05) is 0 Å². The molecule has 2 N–H and O–H groups in total. The second-order valence-electron chi connectivity index (χ2n) is 5.10. The number of aliphatic carboxylic acids is 1. The quantitative estimate of drug-likeness (QED) is 0.582. The van der Waals surface area contributed by atoms with Crippen molar-refractivity contribution in [1.29, 1.82) is 0 Å². The maximum Gasteiger partial charge on any atom is 0.305 e. The third-order valence-corrected chi connectivity index (χ3v) is 3.90. The second-order valence-corrected chi connectivity index (χ2v) is 5.94. The number of rotatable bonds is 6. The van der Waals surface area contributed by atoms with Gasteiger partial charge in [0, 0.05) is 27.7 Å². The van der Waals surface area contributed by atoms with Gasteiger partial charge in [0.15, 0.2) is 0 Å². The molecule has 0 spiro atoms. The van der Waals surface area contributed by atoms with Gasteiger partial charge in [-0.15, -0.1) is 0 Å². The van der Waals surface area contributed by atoms with E-state index in [2.05, 4.69) is 5.32 Å². The summed E-state index contributed by atoms with van der Waals surface area (Å²) < 4.78 is 0. The van der Waals surface area contributed by atoms with Crippen LogP contribution < -0.4 is 5.32 Å². The maximum atomic E-state index is 12.4. The molecule has 2 aromatic rings. The van der Waals surface area contributed by atoms with Crippen LogP contribution in [-0.2, 0) is 4.79 Å². The van der Waals surface area contributed by atoms with Crippen molar-refractivity contribution in [2.24, 2.45) is 0 Å². The minimum absolute atomic E-state index is 0.0367. The van der Waals surface area contributed by atoms with Crippen molar-refractivity contribution in [2.45, 2.75) is 12.5 Å². The number of hydrogen-bond acceptors (Lipinski definition) is 4. The van der Waals surface area contributed by atoms with Gasteiger partial charge in [-0.2, -0.15) is 0 Å². The van der Waals surface area contributed by atoms with Crippen LogP contribution in [0.4, 0.5) is 5.69 Å². The van der Waals surface area contributed by atoms with Crippen molar-refractivity contribution in [1.82, 2.24) is 5.32 Å². The number of halogens is 2. The number of carbonyl (C=O) groups excluding carboxylic acids is 1. The first-order valence-corrected chi connectivity index (χ1v) is 7.75. The van der Waals surface area contributed by atoms with Crippen molar-refractivity contribution >= 4 is 40.8 Å². The summed E-state index contributed by atoms with van der Waals surface area (Å²) in [7, 11) is 0. The minimum Gasteiger partial charge on any atom is -0.481 e. The summed E-state index contributed by atoms with van der Waals surface area (Å²) in [4.78, 5) is 33.7. The molecular formula is C16H12Cl2N2O5. The predicted octanol–water partition coefficient (Wildman–Crippen LogP) is 3.85. The van der Waals surface area contributed by atoms with Crippen molar-refractivity contribution in [3.05, 3.63) is 73.8 Å². The molecule has 0 saturated heterocycles. The molecule has 130 valence electrons. The molecule has 2 rings (SSSR count). The molecule has 2 aromatic carbocycles. The molecule has 0 aliphatic carbocycles. The molecule has 25 heavy (non-hydrogen) atoms. The summed E-state index contributed by atoms with van der Waals surface area (Å²) in [6.45, 7) is 0. The number of hydrogen-bond donors (Lipinski definition) is 2. The Bertz CT molecular complexity index is 841. The highest BCUT2D eigenvalue weighted by Gasteiger charge is 2.22. The lowest BCUT2D eigenvalue weighted by Crippen LogP contribution is -2.30. The van der Waals surface area contributed by atoms with Crippen molar-refractivity contribution in [3.63, 3.8) is 0 Å². The van der Waals surface area contributed by atoms with Gasteiger partial charge in [-0.05, 0) is 23.8 Å². The SMILES string of the molecule is O=C(O)CC(NC(=O)c1cccc([N+](=O)[O-])c1)c1ccc(Cl)cc1Cl. The Balaban J connectivity index is 2.30. The number of nitro benzene ring substituents is 1. The fourth-order valence-corrected chi connectivity index (χ4v) is 2.74. The largest absolute Gasteiger partial charge is 0.481 e. The number of nitrogens with one attached hydrogen (secondary N) is 1. The molecule has 9 heteroatoms. The lowest BCUT2D eigenvalue weighted by Gasteiger charge is -2.19. The number of carbonyl (C=O) groups is 2. The van der Waals surface area contributed by atoms with E-state index in [9.17, 15) is 19.7 Å². The molecule has 7 nitrogen and oxygen atoms in total. The van der Waals surface area contributed by atoms with E-state index in [0.717, 1.165) is 6.07 Å². The summed E-state index contributed by atoms with van der Waals surface area (Å²) in [6.07, 6.45) is -0.415. The van der Waals surface area contributed by atoms with Crippen LogP contribution in [0.5, 0.6) is 0 Å². The Kier molecular flexibility index (Phi) is 5.95. The van der Waals surface area contributed by atoms with Crippen LogP contribution in [0.2, 0.25) is 10.0 Å². The van der Waals surface area contributed by atoms with E-state index >= 15 is 0 Å². The van der Waals surface area contributed by atoms with Crippen LogP contribution in [0, 0.1) is 10.1 Å². The molecular weight excluding hydrogens is 371 g/mol. The predicted molar refractivity (Wildman–Crippen MR) is 92.0 cm³/mol. The van der Waals surface area contributed by atoms with Gasteiger partial charge in [-0.3, -0.25) is 19.7 Å². The Hall–Kier alpha value is -2.64. The number of benzene rings is 2. The van der Waals surface area contributed by atoms with E-state index in [0.29, 0.717) is 10.6 Å². The number of nitro groups is 1. The Labute approximate surface area is 152 Å². The molecule has 0 bridgehead atoms. The Morgan fingerprint density at radius 3 is 2.52 bits per heavy atom. The zero-order chi connectivity index (χ0) is 18.6. The van der Waals surface area contributed by atoms with E-state index in [1.165, 1.54) is 36.4 Å². The molecule has 0 aliphatic rings. The van der Waals surface area contributed by atoms with Crippen LogP contribution in [0.15, 0.2) is 42.5 Å². The molecule has 0 saturated carbocycles. The second kappa shape index (κ2) is 7.96. The first-order chi connectivity index (χ1) is 11.8. The smallest absolute Gasteiger partial charge is 0.305 e. The number of carboxylic acid groups (broad SMARTS) is 1. The zero-order valence-electron chi connectivity index (χ0n) is 12.6. The van der Waals surface area contributed by atoms with Crippen molar-refractivity contribution in [2.75, 3.05) is 0 Å². The number of amides is 1. The average Bonchev–Trinajstić information content (AvgIpc) is 2.54. The molecule has 1 atom stereocenters. The highest BCUT2D eigenvalue weighted by Crippen LogP contribution is 2.28. The number of non-ortho nitro benzene ring substituents is 1. The maximum absolute atomic E-state index is 12.4. The molecule has 0 radical (unpaired) electrons. The summed E-state index contributed by atoms with van der Waals surface area (Å²) in [5.74, 6) is -1.80. The third-order valence-electron chi connectivity index (χ3n) is 3.34. The highest BCUT2D eigenvalue weighted by molar-refractivity contribution is 6.35. The van der Waals surface area contributed by atoms with Crippen LogP contribution in [0.3, 0.4) is 0 Å². The molecule has 1 unspecified atom stereocenters. The van der Waals surface area contributed by atoms with Gasteiger partial charge in [0.2, 0.25) is 0 Å². The number of nitrogens with zero attached hydrogens (tertiary/aromatic N) is 1. The average molecular weight is 383 g/mol. The molecule has 0 aliphatic heterocycles. The van der Waals surface area contributed by atoms with E-state index in [4.69, 9.17) is 28.3 Å². The topological polar surface area (TPSA) is 110 Å². The molecule has 1 amide bonds. The van der Waals surface area contributed by atoms with E-state index in [1.54, 1.807) is 0 Å². The third kappa shape index (κ3) is 4.91. The standard InChI is InChI=1S/C16H12Cl2N2O5/c17-10-4-5-12(13(18)7-10)14(8-15(21)22)19-16(23)9-2-1-3-11(6-9)20(24)25/h1-7,14H,8H2,(H,19,23)(H,21,22). The van der Waals surface area contributed by atoms with E-state index < -0.39 is 29.3 Å². The van der Waals surface area contributed by atoms with E-state index in [-0.39, 0.29) is 16.3 Å². The number of carboxylic acids is 1. The van der Waals surface area contributed by atoms with Gasteiger partial charge in [0.05, 0.1) is 17.4 Å². The summed E-state index contributed by atoms with van der Waals surface area (Å²) in [5, 5.41) is 23.0. The lowest BCUT2D eigenvalue weighted by atomic mass is 10.0. The van der Waals surface area contributed by atoms with Gasteiger partial charge in [0.1, 0.15) is 0 Å². The van der Waals surface area contributed by atoms with Gasteiger partial charge in [-0.25, -0.2) is 0 Å². The lowest BCUT2D eigenvalue weighted by molar-refractivity contribution is -0.384. The van der Waals surface area contributed by atoms with Crippen LogP contribution in [0.1, 0.15) is 28.4 Å². The fraction of sp³-hybridized carbons (Fsp3) is 0.125. The van der Waals surface area contributed by atoms with Crippen LogP contribution >= 0.6 is 23.2 Å². The monoisotopic (exact) mass is 382 g/mol. The van der Waals surface area contributed by atoms with Gasteiger partial charge in [0.25, 0.3) is 11.6 Å². The minimum atomic E-state index is -1.14. The van der Waals surface area contributed by atoms with Crippen molar-refractivity contribution in [3.8, 4) is 0 Å². The van der Waals surface area contributed by atoms with Gasteiger partial charge in [-0.1, -0.05) is 35.3 Å². The fourth-order valence-electron chi connectivity index (χ4n) is 2.20. The van der Waals surface area contributed by atoms with Crippen molar-refractivity contribution < 1.29 is 19.6 Å². The Morgan fingerprint density at radius 2 is 1.92 bits per heavy atom. The van der Waals surface area contributed by atoms with Crippen LogP contribution in [0.25, 0.3) is 0 Å². The molecule has 0 aromatic heterocycles. The first-order valence-electron chi connectivity index (χ1n) is 7.00. The Morgan fingerprint density at radius 1 is 1.20 bits per heavy atom. The molecule has 0 heterocycles. The molecule has 0 fully saturated rings. The zero-order valence-corrected chi connectivity index (χ0v) is 14.1. The van der Waals surface area contributed by atoms with Gasteiger partial charge < -0.3 is 10.4 Å². The van der Waals surface area contributed by atoms with Crippen LogP contribution in [-0.4, -0.2) is 21.9 Å². The highest BCUT2D eigenvalue weighted by atomic mass is 35.5. The van der Waals surface area contributed by atoms with Gasteiger partial charge >= 0.3 is 5.97 Å². The summed E-state index contributed by atoms with van der Waals surface area (Å²) in [6, 6.07) is 8.68. The first kappa shape index (κ1) is 18.7. The summed E-state index contributed by atoms with van der Waals surface area (Å²) >= 11 is 11.9. The normalized spacial score (nSPS) is 11.6. The summed E-state index contributed by atoms with van der Waals surface area (Å²) in [5.41, 5.74) is 0.175.